The van der Waals surface area contributed by atoms with Gasteiger partial charge < -0.3 is 4.90 Å². The lowest BCUT2D eigenvalue weighted by atomic mass is 10.2. The number of hydrogen-bond donors (Lipinski definition) is 0. The van der Waals surface area contributed by atoms with E-state index in [9.17, 15) is 0 Å². The van der Waals surface area contributed by atoms with Gasteiger partial charge in [0.2, 0.25) is 0 Å². The minimum absolute atomic E-state index is 0.959. The molecule has 0 saturated heterocycles. The van der Waals surface area contributed by atoms with E-state index in [-0.39, 0.29) is 0 Å². The molecule has 0 atom stereocenters. The second-order valence-corrected chi connectivity index (χ2v) is 3.09. The van der Waals surface area contributed by atoms with E-state index >= 15 is 0 Å². The van der Waals surface area contributed by atoms with E-state index in [0.717, 1.165) is 13.0 Å². The molecule has 0 N–H and O–H groups in total. The van der Waals surface area contributed by atoms with E-state index in [1.807, 2.05) is 13.8 Å². The van der Waals surface area contributed by atoms with Crippen molar-refractivity contribution in [1.82, 2.24) is 4.90 Å². The maximum absolute atomic E-state index is 3.94. The normalized spacial score (nSPS) is 10.0. The molecular formula is C12H25N. The summed E-state index contributed by atoms with van der Waals surface area (Å²) in [5.41, 5.74) is 1.18. The van der Waals surface area contributed by atoms with Crippen LogP contribution in [-0.2, 0) is 0 Å². The maximum atomic E-state index is 3.94. The average Bonchev–Trinajstić information content (AvgIpc) is 2.07. The molecule has 0 aliphatic carbocycles. The summed E-state index contributed by atoms with van der Waals surface area (Å²) in [7, 11) is 4.11. The fourth-order valence-electron chi connectivity index (χ4n) is 0.876. The molecule has 0 heterocycles. The fraction of sp³-hybridized carbons (Fsp3) is 0.667. The van der Waals surface area contributed by atoms with Gasteiger partial charge in [-0.1, -0.05) is 45.9 Å². The first-order valence-corrected chi connectivity index (χ1v) is 5.16. The highest BCUT2D eigenvalue weighted by Gasteiger charge is 1.89. The monoisotopic (exact) mass is 183 g/mol. The van der Waals surface area contributed by atoms with E-state index in [4.69, 9.17) is 0 Å². The third-order valence-corrected chi connectivity index (χ3v) is 1.33. The van der Waals surface area contributed by atoms with Crippen LogP contribution in [0.25, 0.3) is 0 Å². The first kappa shape index (κ1) is 14.9. The molecule has 0 aromatic rings. The number of unbranched alkanes of at least 4 members (excludes halogenated alkanes) is 1. The summed E-state index contributed by atoms with van der Waals surface area (Å²) in [5, 5.41) is 0. The Labute approximate surface area is 84.1 Å². The molecule has 0 spiro atoms. The Kier molecular flexibility index (Phi) is 13.1. The Hall–Kier alpha value is -0.560. The topological polar surface area (TPSA) is 3.24 Å². The number of hydrogen-bond acceptors (Lipinski definition) is 1. The minimum Gasteiger partial charge on any atom is -0.305 e. The van der Waals surface area contributed by atoms with Gasteiger partial charge in [0.25, 0.3) is 0 Å². The zero-order chi connectivity index (χ0) is 10.7. The SMILES string of the molecule is C=C(/C=C\CCC)CN(C)C.CC. The van der Waals surface area contributed by atoms with Gasteiger partial charge in [0.15, 0.2) is 0 Å². The van der Waals surface area contributed by atoms with Crippen LogP contribution >= 0.6 is 0 Å². The first-order valence-electron chi connectivity index (χ1n) is 5.16. The van der Waals surface area contributed by atoms with Crippen LogP contribution in [0.1, 0.15) is 33.6 Å². The summed E-state index contributed by atoms with van der Waals surface area (Å²) in [6.07, 6.45) is 6.67. The second kappa shape index (κ2) is 11.4. The van der Waals surface area contributed by atoms with Crippen molar-refractivity contribution in [2.45, 2.75) is 33.6 Å². The van der Waals surface area contributed by atoms with Gasteiger partial charge in [-0.3, -0.25) is 0 Å². The van der Waals surface area contributed by atoms with Crippen molar-refractivity contribution in [1.29, 1.82) is 0 Å². The van der Waals surface area contributed by atoms with Gasteiger partial charge in [0.1, 0.15) is 0 Å². The molecule has 0 aliphatic rings. The molecule has 0 radical (unpaired) electrons. The fourth-order valence-corrected chi connectivity index (χ4v) is 0.876. The summed E-state index contributed by atoms with van der Waals surface area (Å²) in [5.74, 6) is 0. The smallest absolute Gasteiger partial charge is 0.0221 e. The van der Waals surface area contributed by atoms with Gasteiger partial charge in [-0.15, -0.1) is 0 Å². The van der Waals surface area contributed by atoms with E-state index in [2.05, 4.69) is 44.6 Å². The molecule has 13 heavy (non-hydrogen) atoms. The van der Waals surface area contributed by atoms with Crippen LogP contribution in [0.4, 0.5) is 0 Å². The van der Waals surface area contributed by atoms with Crippen molar-refractivity contribution in [3.05, 3.63) is 24.3 Å². The molecule has 0 bridgehead atoms. The zero-order valence-corrected chi connectivity index (χ0v) is 9.93. The lowest BCUT2D eigenvalue weighted by Gasteiger charge is -2.08. The Morgan fingerprint density at radius 1 is 1.31 bits per heavy atom. The molecule has 0 amide bonds. The van der Waals surface area contributed by atoms with Crippen molar-refractivity contribution in [3.63, 3.8) is 0 Å². The third kappa shape index (κ3) is 14.3. The molecule has 0 fully saturated rings. The van der Waals surface area contributed by atoms with Gasteiger partial charge in [0.05, 0.1) is 0 Å². The van der Waals surface area contributed by atoms with Crippen LogP contribution < -0.4 is 0 Å². The molecule has 78 valence electrons. The Morgan fingerprint density at radius 3 is 2.23 bits per heavy atom. The predicted octanol–water partition coefficient (Wildman–Crippen LogP) is 3.49. The quantitative estimate of drug-likeness (QED) is 0.590. The standard InChI is InChI=1S/C10H19N.C2H6/c1-5-6-7-8-10(2)9-11(3)4;1-2/h7-8H,2,5-6,9H2,1,3-4H3;1-2H3/b8-7-;. The van der Waals surface area contributed by atoms with Gasteiger partial charge in [-0.25, -0.2) is 0 Å². The molecule has 0 aliphatic heterocycles. The van der Waals surface area contributed by atoms with Crippen LogP contribution in [-0.4, -0.2) is 25.5 Å². The largest absolute Gasteiger partial charge is 0.305 e. The van der Waals surface area contributed by atoms with Crippen molar-refractivity contribution in [2.24, 2.45) is 0 Å². The zero-order valence-electron chi connectivity index (χ0n) is 9.93. The van der Waals surface area contributed by atoms with Gasteiger partial charge in [-0.2, -0.15) is 0 Å². The number of rotatable bonds is 5. The van der Waals surface area contributed by atoms with Crippen molar-refractivity contribution in [3.8, 4) is 0 Å². The highest BCUT2D eigenvalue weighted by molar-refractivity contribution is 5.15. The molecule has 1 nitrogen and oxygen atoms in total. The summed E-state index contributed by atoms with van der Waals surface area (Å²) in [6, 6.07) is 0. The predicted molar refractivity (Wildman–Crippen MR) is 63.1 cm³/mol. The number of nitrogens with zero attached hydrogens (tertiary/aromatic N) is 1. The highest BCUT2D eigenvalue weighted by Crippen LogP contribution is 1.97. The van der Waals surface area contributed by atoms with Crippen LogP contribution in [0.2, 0.25) is 0 Å². The van der Waals surface area contributed by atoms with E-state index in [1.165, 1.54) is 12.0 Å². The van der Waals surface area contributed by atoms with Gasteiger partial charge in [-0.05, 0) is 26.1 Å². The lowest BCUT2D eigenvalue weighted by Crippen LogP contribution is -2.13. The molecule has 1 heteroatoms. The molecule has 0 aromatic carbocycles. The number of likely N-dealkylation sites (N-methyl/N-ethyl adjacent to an activating group) is 1. The number of allylic oxidation sites excluding steroid dienone is 1. The molecule has 0 aromatic heterocycles. The molecule has 0 rings (SSSR count). The first-order chi connectivity index (χ1) is 6.16. The Balaban J connectivity index is 0. The van der Waals surface area contributed by atoms with E-state index in [1.54, 1.807) is 0 Å². The van der Waals surface area contributed by atoms with Gasteiger partial charge in [0, 0.05) is 6.54 Å². The van der Waals surface area contributed by atoms with Crippen LogP contribution in [0.15, 0.2) is 24.3 Å². The average molecular weight is 183 g/mol. The van der Waals surface area contributed by atoms with E-state index in [0.29, 0.717) is 0 Å². The minimum atomic E-state index is 0.959. The Bertz CT molecular complexity index is 134. The highest BCUT2D eigenvalue weighted by atomic mass is 15.0. The summed E-state index contributed by atoms with van der Waals surface area (Å²) >= 11 is 0. The van der Waals surface area contributed by atoms with Gasteiger partial charge >= 0.3 is 0 Å². The van der Waals surface area contributed by atoms with Crippen LogP contribution in [0.3, 0.4) is 0 Å². The van der Waals surface area contributed by atoms with E-state index < -0.39 is 0 Å². The summed E-state index contributed by atoms with van der Waals surface area (Å²) < 4.78 is 0. The van der Waals surface area contributed by atoms with Crippen molar-refractivity contribution >= 4 is 0 Å². The lowest BCUT2D eigenvalue weighted by molar-refractivity contribution is 0.449. The van der Waals surface area contributed by atoms with Crippen molar-refractivity contribution < 1.29 is 0 Å². The van der Waals surface area contributed by atoms with Crippen LogP contribution in [0, 0.1) is 0 Å². The molecule has 0 unspecified atom stereocenters. The van der Waals surface area contributed by atoms with Crippen molar-refractivity contribution in [2.75, 3.05) is 20.6 Å². The second-order valence-electron chi connectivity index (χ2n) is 3.09. The summed E-state index contributed by atoms with van der Waals surface area (Å²) in [4.78, 5) is 2.12. The maximum Gasteiger partial charge on any atom is 0.0221 e. The summed E-state index contributed by atoms with van der Waals surface area (Å²) in [6.45, 7) is 11.1. The Morgan fingerprint density at radius 2 is 1.85 bits per heavy atom. The molecule has 0 saturated carbocycles. The molecular weight excluding hydrogens is 158 g/mol. The third-order valence-electron chi connectivity index (χ3n) is 1.33. The van der Waals surface area contributed by atoms with Crippen LogP contribution in [0.5, 0.6) is 0 Å².